The molecule has 2 aromatic rings. The fourth-order valence-electron chi connectivity index (χ4n) is 1.78. The lowest BCUT2D eigenvalue weighted by molar-refractivity contribution is 0.0602. The molecule has 0 amide bonds. The van der Waals surface area contributed by atoms with Crippen LogP contribution in [0.4, 0.5) is 0 Å². The third-order valence-electron chi connectivity index (χ3n) is 2.80. The number of nitrogens with zero attached hydrogens (tertiary/aromatic N) is 3. The van der Waals surface area contributed by atoms with Gasteiger partial charge in [-0.15, -0.1) is 5.10 Å². The van der Waals surface area contributed by atoms with Crippen molar-refractivity contribution < 1.29 is 9.47 Å². The van der Waals surface area contributed by atoms with Gasteiger partial charge in [0, 0.05) is 13.7 Å². The fraction of sp³-hybridized carbons (Fsp3) is 0.429. The molecule has 6 heteroatoms. The van der Waals surface area contributed by atoms with Gasteiger partial charge in [0.1, 0.15) is 5.69 Å². The Morgan fingerprint density at radius 2 is 2.00 bits per heavy atom. The maximum absolute atomic E-state index is 5.41. The van der Waals surface area contributed by atoms with Gasteiger partial charge in [0.2, 0.25) is 0 Å². The van der Waals surface area contributed by atoms with Gasteiger partial charge in [-0.05, 0) is 24.7 Å². The first-order chi connectivity index (χ1) is 9.83. The number of nitrogens with one attached hydrogen (secondary N) is 1. The van der Waals surface area contributed by atoms with Crippen molar-refractivity contribution in [2.45, 2.75) is 13.2 Å². The lowest BCUT2D eigenvalue weighted by atomic mass is 10.2. The first-order valence-corrected chi connectivity index (χ1v) is 6.55. The van der Waals surface area contributed by atoms with Crippen molar-refractivity contribution in [1.29, 1.82) is 0 Å². The van der Waals surface area contributed by atoms with E-state index in [2.05, 4.69) is 27.8 Å². The fourth-order valence-corrected chi connectivity index (χ4v) is 1.78. The Morgan fingerprint density at radius 1 is 1.20 bits per heavy atom. The Labute approximate surface area is 118 Å². The summed E-state index contributed by atoms with van der Waals surface area (Å²) in [6, 6.07) is 8.19. The standard InChI is InChI=1S/C14H20N4O2/c1-15-9-12-3-5-14(6-4-12)18-10-13(16-17-18)11-20-8-7-19-2/h3-6,10,15H,7-9,11H2,1-2H3. The summed E-state index contributed by atoms with van der Waals surface area (Å²) in [5, 5.41) is 11.3. The van der Waals surface area contributed by atoms with Gasteiger partial charge >= 0.3 is 0 Å². The van der Waals surface area contributed by atoms with Crippen molar-refractivity contribution in [2.75, 3.05) is 27.4 Å². The number of hydrogen-bond acceptors (Lipinski definition) is 5. The molecule has 0 saturated carbocycles. The van der Waals surface area contributed by atoms with Crippen molar-refractivity contribution in [1.82, 2.24) is 20.3 Å². The van der Waals surface area contributed by atoms with Crippen molar-refractivity contribution in [3.05, 3.63) is 41.7 Å². The van der Waals surface area contributed by atoms with E-state index in [9.17, 15) is 0 Å². The summed E-state index contributed by atoms with van der Waals surface area (Å²) < 4.78 is 12.1. The zero-order chi connectivity index (χ0) is 14.2. The van der Waals surface area contributed by atoms with E-state index in [1.54, 1.807) is 11.8 Å². The summed E-state index contributed by atoms with van der Waals surface area (Å²) in [5.74, 6) is 0. The molecule has 20 heavy (non-hydrogen) atoms. The van der Waals surface area contributed by atoms with Crippen LogP contribution in [0.2, 0.25) is 0 Å². The summed E-state index contributed by atoms with van der Waals surface area (Å²) in [6.07, 6.45) is 1.87. The maximum Gasteiger partial charge on any atom is 0.109 e. The van der Waals surface area contributed by atoms with E-state index in [0.717, 1.165) is 17.9 Å². The zero-order valence-corrected chi connectivity index (χ0v) is 11.9. The van der Waals surface area contributed by atoms with Gasteiger partial charge < -0.3 is 14.8 Å². The molecular formula is C14H20N4O2. The number of ether oxygens (including phenoxy) is 2. The molecular weight excluding hydrogens is 256 g/mol. The number of rotatable bonds is 8. The highest BCUT2D eigenvalue weighted by Gasteiger charge is 2.03. The summed E-state index contributed by atoms with van der Waals surface area (Å²) >= 11 is 0. The number of methoxy groups -OCH3 is 1. The van der Waals surface area contributed by atoms with Gasteiger partial charge in [0.05, 0.1) is 31.7 Å². The molecule has 1 heterocycles. The van der Waals surface area contributed by atoms with Crippen LogP contribution in [0.15, 0.2) is 30.5 Å². The van der Waals surface area contributed by atoms with Gasteiger partial charge in [-0.25, -0.2) is 4.68 Å². The topological polar surface area (TPSA) is 61.2 Å². The molecule has 0 aliphatic heterocycles. The first-order valence-electron chi connectivity index (χ1n) is 6.55. The smallest absolute Gasteiger partial charge is 0.109 e. The lowest BCUT2D eigenvalue weighted by Crippen LogP contribution is -2.05. The van der Waals surface area contributed by atoms with E-state index < -0.39 is 0 Å². The minimum Gasteiger partial charge on any atom is -0.382 e. The zero-order valence-electron chi connectivity index (χ0n) is 11.9. The molecule has 1 aromatic heterocycles. The molecule has 0 aliphatic carbocycles. The van der Waals surface area contributed by atoms with Gasteiger partial charge in [-0.3, -0.25) is 0 Å². The van der Waals surface area contributed by atoms with Crippen LogP contribution >= 0.6 is 0 Å². The summed E-state index contributed by atoms with van der Waals surface area (Å²) in [5.41, 5.74) is 3.03. The summed E-state index contributed by atoms with van der Waals surface area (Å²) in [4.78, 5) is 0. The van der Waals surface area contributed by atoms with Crippen molar-refractivity contribution >= 4 is 0 Å². The second-order valence-corrected chi connectivity index (χ2v) is 4.40. The predicted molar refractivity (Wildman–Crippen MR) is 75.7 cm³/mol. The predicted octanol–water partition coefficient (Wildman–Crippen LogP) is 1.15. The highest BCUT2D eigenvalue weighted by Crippen LogP contribution is 2.09. The van der Waals surface area contributed by atoms with Gasteiger partial charge in [-0.2, -0.15) is 0 Å². The molecule has 0 unspecified atom stereocenters. The van der Waals surface area contributed by atoms with E-state index in [4.69, 9.17) is 9.47 Å². The van der Waals surface area contributed by atoms with E-state index in [0.29, 0.717) is 19.8 Å². The molecule has 1 N–H and O–H groups in total. The van der Waals surface area contributed by atoms with E-state index in [1.807, 2.05) is 25.4 Å². The largest absolute Gasteiger partial charge is 0.382 e. The van der Waals surface area contributed by atoms with Crippen LogP contribution in [0.25, 0.3) is 5.69 Å². The Bertz CT molecular complexity index is 510. The third kappa shape index (κ3) is 4.12. The average molecular weight is 276 g/mol. The molecule has 0 radical (unpaired) electrons. The maximum atomic E-state index is 5.41. The molecule has 0 fully saturated rings. The van der Waals surface area contributed by atoms with Gasteiger partial charge in [0.15, 0.2) is 0 Å². The van der Waals surface area contributed by atoms with E-state index in [-0.39, 0.29) is 0 Å². The second-order valence-electron chi connectivity index (χ2n) is 4.40. The van der Waals surface area contributed by atoms with Crippen LogP contribution in [0.3, 0.4) is 0 Å². The Balaban J connectivity index is 1.93. The normalized spacial score (nSPS) is 10.9. The highest BCUT2D eigenvalue weighted by molar-refractivity contribution is 5.33. The summed E-state index contributed by atoms with van der Waals surface area (Å²) in [6.45, 7) is 2.45. The number of benzene rings is 1. The number of aromatic nitrogens is 3. The quantitative estimate of drug-likeness (QED) is 0.733. The highest BCUT2D eigenvalue weighted by atomic mass is 16.5. The van der Waals surface area contributed by atoms with Crippen molar-refractivity contribution in [2.24, 2.45) is 0 Å². The Kier molecular flexibility index (Phi) is 5.67. The van der Waals surface area contributed by atoms with E-state index in [1.165, 1.54) is 5.56 Å². The van der Waals surface area contributed by atoms with Crippen LogP contribution in [0.5, 0.6) is 0 Å². The molecule has 1 aromatic carbocycles. The molecule has 0 atom stereocenters. The molecule has 0 saturated heterocycles. The molecule has 108 valence electrons. The van der Waals surface area contributed by atoms with E-state index >= 15 is 0 Å². The van der Waals surface area contributed by atoms with Crippen LogP contribution in [0.1, 0.15) is 11.3 Å². The van der Waals surface area contributed by atoms with Crippen molar-refractivity contribution in [3.8, 4) is 5.69 Å². The molecule has 0 aliphatic rings. The molecule has 0 bridgehead atoms. The first kappa shape index (κ1) is 14.6. The second kappa shape index (κ2) is 7.74. The minimum absolute atomic E-state index is 0.446. The van der Waals surface area contributed by atoms with Crippen LogP contribution in [0, 0.1) is 0 Å². The van der Waals surface area contributed by atoms with Crippen LogP contribution in [-0.2, 0) is 22.6 Å². The van der Waals surface area contributed by atoms with Crippen LogP contribution in [-0.4, -0.2) is 42.4 Å². The molecule has 0 spiro atoms. The Morgan fingerprint density at radius 3 is 2.70 bits per heavy atom. The molecule has 2 rings (SSSR count). The van der Waals surface area contributed by atoms with Crippen molar-refractivity contribution in [3.63, 3.8) is 0 Å². The van der Waals surface area contributed by atoms with Gasteiger partial charge in [-0.1, -0.05) is 17.3 Å². The molecule has 6 nitrogen and oxygen atoms in total. The monoisotopic (exact) mass is 276 g/mol. The van der Waals surface area contributed by atoms with Crippen LogP contribution < -0.4 is 5.32 Å². The Hall–Kier alpha value is -1.76. The summed E-state index contributed by atoms with van der Waals surface area (Å²) in [7, 11) is 3.58. The lowest BCUT2D eigenvalue weighted by Gasteiger charge is -2.03. The average Bonchev–Trinajstić information content (AvgIpc) is 2.94. The minimum atomic E-state index is 0.446. The number of hydrogen-bond donors (Lipinski definition) is 1. The van der Waals surface area contributed by atoms with Gasteiger partial charge in [0.25, 0.3) is 0 Å². The third-order valence-corrected chi connectivity index (χ3v) is 2.80. The SMILES string of the molecule is CNCc1ccc(-n2cc(COCCOC)nn2)cc1.